The molecule has 0 bridgehead atoms. The summed E-state index contributed by atoms with van der Waals surface area (Å²) in [5.41, 5.74) is 0.0342. The highest BCUT2D eigenvalue weighted by atomic mass is 16.3. The minimum atomic E-state index is 0.0342. The summed E-state index contributed by atoms with van der Waals surface area (Å²) in [6.07, 6.45) is 14.6. The largest absolute Gasteiger partial charge is 0.394 e. The molecule has 3 aliphatic rings. The van der Waals surface area contributed by atoms with Crippen LogP contribution < -0.4 is 5.32 Å². The van der Waals surface area contributed by atoms with E-state index in [-0.39, 0.29) is 5.54 Å². The smallest absolute Gasteiger partial charge is 0.0613 e. The van der Waals surface area contributed by atoms with Gasteiger partial charge >= 0.3 is 0 Å². The van der Waals surface area contributed by atoms with Crippen LogP contribution >= 0.6 is 0 Å². The molecular weight excluding hydrogens is 248 g/mol. The van der Waals surface area contributed by atoms with E-state index in [0.29, 0.717) is 18.7 Å². The molecule has 2 N–H and O–H groups in total. The molecule has 0 radical (unpaired) electrons. The van der Waals surface area contributed by atoms with Gasteiger partial charge in [-0.15, -0.1) is 0 Å². The second kappa shape index (κ2) is 6.76. The van der Waals surface area contributed by atoms with Crippen molar-refractivity contribution in [2.24, 2.45) is 0 Å². The molecule has 3 fully saturated rings. The molecule has 0 spiro atoms. The zero-order valence-electron chi connectivity index (χ0n) is 12.9. The average molecular weight is 280 g/mol. The average Bonchev–Trinajstić information content (AvgIpc) is 3.22. The predicted molar refractivity (Wildman–Crippen MR) is 82.9 cm³/mol. The molecule has 3 nitrogen and oxygen atoms in total. The van der Waals surface area contributed by atoms with Crippen LogP contribution in [0.5, 0.6) is 0 Å². The first-order valence-corrected chi connectivity index (χ1v) is 8.94. The van der Waals surface area contributed by atoms with E-state index >= 15 is 0 Å². The Hall–Kier alpha value is -0.120. The highest BCUT2D eigenvalue weighted by Gasteiger charge is 2.41. The molecule has 3 heteroatoms. The van der Waals surface area contributed by atoms with E-state index in [9.17, 15) is 5.11 Å². The van der Waals surface area contributed by atoms with Crippen LogP contribution in [-0.4, -0.2) is 47.3 Å². The van der Waals surface area contributed by atoms with Crippen LogP contribution in [0, 0.1) is 0 Å². The number of hydrogen-bond acceptors (Lipinski definition) is 3. The molecule has 0 aromatic carbocycles. The van der Waals surface area contributed by atoms with Crippen molar-refractivity contribution in [3.8, 4) is 0 Å². The van der Waals surface area contributed by atoms with Crippen molar-refractivity contribution in [1.82, 2.24) is 10.2 Å². The summed E-state index contributed by atoms with van der Waals surface area (Å²) in [4.78, 5) is 2.75. The lowest BCUT2D eigenvalue weighted by atomic mass is 9.78. The summed E-state index contributed by atoms with van der Waals surface area (Å²) in [5, 5.41) is 13.7. The Labute approximate surface area is 124 Å². The maximum Gasteiger partial charge on any atom is 0.0613 e. The maximum absolute atomic E-state index is 9.95. The second-order valence-electron chi connectivity index (χ2n) is 7.41. The number of hydrogen-bond donors (Lipinski definition) is 2. The van der Waals surface area contributed by atoms with Crippen LogP contribution in [0.15, 0.2) is 0 Å². The summed E-state index contributed by atoms with van der Waals surface area (Å²) in [7, 11) is 0. The van der Waals surface area contributed by atoms with E-state index in [2.05, 4.69) is 10.2 Å². The van der Waals surface area contributed by atoms with Crippen molar-refractivity contribution < 1.29 is 5.11 Å². The minimum absolute atomic E-state index is 0.0342. The zero-order chi connectivity index (χ0) is 13.8. The van der Waals surface area contributed by atoms with Crippen molar-refractivity contribution in [2.75, 3.05) is 19.7 Å². The van der Waals surface area contributed by atoms with Gasteiger partial charge < -0.3 is 15.3 Å². The summed E-state index contributed by atoms with van der Waals surface area (Å²) in [5.74, 6) is 0. The monoisotopic (exact) mass is 280 g/mol. The van der Waals surface area contributed by atoms with Gasteiger partial charge in [0.15, 0.2) is 0 Å². The molecule has 2 saturated carbocycles. The van der Waals surface area contributed by atoms with Crippen LogP contribution in [-0.2, 0) is 0 Å². The number of aliphatic hydroxyl groups is 1. The van der Waals surface area contributed by atoms with Gasteiger partial charge in [-0.2, -0.15) is 0 Å². The van der Waals surface area contributed by atoms with E-state index in [0.717, 1.165) is 0 Å². The van der Waals surface area contributed by atoms with Gasteiger partial charge in [0, 0.05) is 17.6 Å². The Morgan fingerprint density at radius 3 is 2.30 bits per heavy atom. The Balaban J connectivity index is 1.60. The standard InChI is InChI=1S/C17H32N2O/c20-14-17(18-15-8-9-15)10-6-7-16(13-17)19-11-4-2-1-3-5-12-19/h15-16,18,20H,1-14H2. The molecule has 0 aromatic heterocycles. The third kappa shape index (κ3) is 3.75. The Kier molecular flexibility index (Phi) is 5.00. The number of rotatable bonds is 4. The lowest BCUT2D eigenvalue weighted by molar-refractivity contribution is 0.0543. The zero-order valence-corrected chi connectivity index (χ0v) is 12.9. The fourth-order valence-electron chi connectivity index (χ4n) is 4.26. The first kappa shape index (κ1) is 14.8. The molecule has 0 amide bonds. The van der Waals surface area contributed by atoms with E-state index in [1.165, 1.54) is 83.7 Å². The second-order valence-corrected chi connectivity index (χ2v) is 7.41. The van der Waals surface area contributed by atoms with E-state index < -0.39 is 0 Å². The van der Waals surface area contributed by atoms with Crippen molar-refractivity contribution in [1.29, 1.82) is 0 Å². The van der Waals surface area contributed by atoms with E-state index in [1.807, 2.05) is 0 Å². The van der Waals surface area contributed by atoms with Crippen LogP contribution in [0.25, 0.3) is 0 Å². The summed E-state index contributed by atoms with van der Waals surface area (Å²) in [6.45, 7) is 2.90. The SMILES string of the molecule is OCC1(NC2CC2)CCCC(N2CCCCCCC2)C1. The van der Waals surface area contributed by atoms with Crippen LogP contribution in [0.2, 0.25) is 0 Å². The first-order valence-electron chi connectivity index (χ1n) is 8.94. The fraction of sp³-hybridized carbons (Fsp3) is 1.00. The molecule has 2 atom stereocenters. The highest BCUT2D eigenvalue weighted by Crippen LogP contribution is 2.35. The fourth-order valence-corrected chi connectivity index (χ4v) is 4.26. The number of likely N-dealkylation sites (tertiary alicyclic amines) is 1. The van der Waals surface area contributed by atoms with Crippen molar-refractivity contribution in [2.45, 2.75) is 88.3 Å². The lowest BCUT2D eigenvalue weighted by Crippen LogP contribution is -2.56. The van der Waals surface area contributed by atoms with Crippen LogP contribution in [0.1, 0.15) is 70.6 Å². The number of nitrogens with zero attached hydrogens (tertiary/aromatic N) is 1. The maximum atomic E-state index is 9.95. The predicted octanol–water partition coefficient (Wildman–Crippen LogP) is 2.68. The van der Waals surface area contributed by atoms with Crippen molar-refractivity contribution in [3.05, 3.63) is 0 Å². The molecule has 116 valence electrons. The molecule has 20 heavy (non-hydrogen) atoms. The third-order valence-corrected chi connectivity index (χ3v) is 5.62. The Morgan fingerprint density at radius 2 is 1.65 bits per heavy atom. The molecule has 2 unspecified atom stereocenters. The molecule has 1 saturated heterocycles. The quantitative estimate of drug-likeness (QED) is 0.831. The topological polar surface area (TPSA) is 35.5 Å². The summed E-state index contributed by atoms with van der Waals surface area (Å²) >= 11 is 0. The van der Waals surface area contributed by atoms with Gasteiger partial charge in [0.2, 0.25) is 0 Å². The van der Waals surface area contributed by atoms with Crippen LogP contribution in [0.3, 0.4) is 0 Å². The molecular formula is C17H32N2O. The minimum Gasteiger partial charge on any atom is -0.394 e. The van der Waals surface area contributed by atoms with Crippen molar-refractivity contribution >= 4 is 0 Å². The van der Waals surface area contributed by atoms with E-state index in [1.54, 1.807) is 0 Å². The number of nitrogens with one attached hydrogen (secondary N) is 1. The van der Waals surface area contributed by atoms with Crippen molar-refractivity contribution in [3.63, 3.8) is 0 Å². The van der Waals surface area contributed by atoms with Crippen LogP contribution in [0.4, 0.5) is 0 Å². The third-order valence-electron chi connectivity index (χ3n) is 5.62. The van der Waals surface area contributed by atoms with Gasteiger partial charge in [-0.05, 0) is 64.5 Å². The molecule has 3 rings (SSSR count). The molecule has 1 aliphatic heterocycles. The van der Waals surface area contributed by atoms with Gasteiger partial charge in [-0.25, -0.2) is 0 Å². The van der Waals surface area contributed by atoms with Gasteiger partial charge in [-0.3, -0.25) is 0 Å². The van der Waals surface area contributed by atoms with Gasteiger partial charge in [0.25, 0.3) is 0 Å². The number of aliphatic hydroxyl groups excluding tert-OH is 1. The van der Waals surface area contributed by atoms with Gasteiger partial charge in [-0.1, -0.05) is 19.3 Å². The summed E-state index contributed by atoms with van der Waals surface area (Å²) in [6, 6.07) is 1.41. The first-order chi connectivity index (χ1) is 9.81. The normalized spacial score (nSPS) is 37.4. The summed E-state index contributed by atoms with van der Waals surface area (Å²) < 4.78 is 0. The molecule has 2 aliphatic carbocycles. The lowest BCUT2D eigenvalue weighted by Gasteiger charge is -2.45. The molecule has 0 aromatic rings. The van der Waals surface area contributed by atoms with Gasteiger partial charge in [0.05, 0.1) is 6.61 Å². The van der Waals surface area contributed by atoms with Gasteiger partial charge in [0.1, 0.15) is 0 Å². The van der Waals surface area contributed by atoms with E-state index in [4.69, 9.17) is 0 Å². The highest BCUT2D eigenvalue weighted by molar-refractivity contribution is 5.00. The Morgan fingerprint density at radius 1 is 0.950 bits per heavy atom. The Bertz CT molecular complexity index is 297. The molecule has 1 heterocycles.